The van der Waals surface area contributed by atoms with Gasteiger partial charge in [0, 0.05) is 18.6 Å². The lowest BCUT2D eigenvalue weighted by Crippen LogP contribution is -2.49. The number of imide groups is 1. The van der Waals surface area contributed by atoms with E-state index in [1.807, 2.05) is 18.7 Å². The van der Waals surface area contributed by atoms with Crippen LogP contribution >= 0.6 is 12.4 Å². The van der Waals surface area contributed by atoms with Crippen LogP contribution in [0.2, 0.25) is 0 Å². The summed E-state index contributed by atoms with van der Waals surface area (Å²) in [6, 6.07) is -0.00408. The first kappa shape index (κ1) is 19.0. The molecule has 2 N–H and O–H groups in total. The molecule has 0 aliphatic carbocycles. The molecule has 3 heterocycles. The number of urea groups is 1. The Morgan fingerprint density at radius 1 is 1.17 bits per heavy atom. The maximum absolute atomic E-state index is 12.8. The number of rotatable bonds is 4. The second-order valence-electron chi connectivity index (χ2n) is 6.79. The third-order valence-electron chi connectivity index (χ3n) is 5.69. The number of nitrogens with one attached hydrogen (secondary N) is 2. The average molecular weight is 359 g/mol. The summed E-state index contributed by atoms with van der Waals surface area (Å²) in [4.78, 5) is 40.6. The summed E-state index contributed by atoms with van der Waals surface area (Å²) < 4.78 is 0. The van der Waals surface area contributed by atoms with Gasteiger partial charge in [0.25, 0.3) is 5.91 Å². The third-order valence-corrected chi connectivity index (χ3v) is 5.69. The average Bonchev–Trinajstić information content (AvgIpc) is 2.94. The Morgan fingerprint density at radius 3 is 2.46 bits per heavy atom. The molecule has 2 atom stereocenters. The zero-order chi connectivity index (χ0) is 16.6. The largest absolute Gasteiger partial charge is 0.334 e. The first-order chi connectivity index (χ1) is 11.0. The summed E-state index contributed by atoms with van der Waals surface area (Å²) >= 11 is 0. The standard InChI is InChI=1S/C16H26N4O3.ClH/c1-3-16(4-2)14(22)19(15(23)18-16)10-13(21)20-11-5-6-12(20)9-17-8-7-11;/h11-12,17H,3-10H2,1-2H3,(H,18,23);1H. The first-order valence-electron chi connectivity index (χ1n) is 8.68. The van der Waals surface area contributed by atoms with E-state index in [1.165, 1.54) is 0 Å². The summed E-state index contributed by atoms with van der Waals surface area (Å²) in [6.45, 7) is 5.35. The molecule has 3 fully saturated rings. The molecule has 3 aliphatic rings. The molecule has 7 nitrogen and oxygen atoms in total. The van der Waals surface area contributed by atoms with E-state index >= 15 is 0 Å². The number of carbonyl (C=O) groups excluding carboxylic acids is 3. The minimum Gasteiger partial charge on any atom is -0.334 e. The van der Waals surface area contributed by atoms with Crippen molar-refractivity contribution in [3.05, 3.63) is 0 Å². The highest BCUT2D eigenvalue weighted by Gasteiger charge is 2.50. The topological polar surface area (TPSA) is 81.8 Å². The summed E-state index contributed by atoms with van der Waals surface area (Å²) in [5, 5.41) is 6.13. The minimum absolute atomic E-state index is 0. The van der Waals surface area contributed by atoms with Crippen LogP contribution in [0.25, 0.3) is 0 Å². The lowest BCUT2D eigenvalue weighted by molar-refractivity contribution is -0.140. The summed E-state index contributed by atoms with van der Waals surface area (Å²) in [7, 11) is 0. The second kappa shape index (κ2) is 7.27. The fourth-order valence-electron chi connectivity index (χ4n) is 4.16. The fourth-order valence-corrected chi connectivity index (χ4v) is 4.16. The smallest absolute Gasteiger partial charge is 0.325 e. The highest BCUT2D eigenvalue weighted by atomic mass is 35.5. The van der Waals surface area contributed by atoms with Crippen molar-refractivity contribution in [2.75, 3.05) is 19.6 Å². The number of hydrogen-bond acceptors (Lipinski definition) is 4. The zero-order valence-corrected chi connectivity index (χ0v) is 15.2. The highest BCUT2D eigenvalue weighted by Crippen LogP contribution is 2.29. The van der Waals surface area contributed by atoms with E-state index in [2.05, 4.69) is 10.6 Å². The molecule has 2 unspecified atom stereocenters. The maximum Gasteiger partial charge on any atom is 0.325 e. The van der Waals surface area contributed by atoms with E-state index in [-0.39, 0.29) is 42.8 Å². The molecule has 3 rings (SSSR count). The van der Waals surface area contributed by atoms with Crippen LogP contribution in [0.5, 0.6) is 0 Å². The molecular weight excluding hydrogens is 332 g/mol. The first-order valence-corrected chi connectivity index (χ1v) is 8.68. The van der Waals surface area contributed by atoms with Gasteiger partial charge < -0.3 is 15.5 Å². The molecule has 0 aromatic rings. The molecule has 3 saturated heterocycles. The van der Waals surface area contributed by atoms with Crippen LogP contribution in [0.1, 0.15) is 46.0 Å². The predicted octanol–water partition coefficient (Wildman–Crippen LogP) is 0.872. The van der Waals surface area contributed by atoms with Gasteiger partial charge in [0.15, 0.2) is 0 Å². The van der Waals surface area contributed by atoms with E-state index in [9.17, 15) is 14.4 Å². The molecule has 8 heteroatoms. The van der Waals surface area contributed by atoms with Gasteiger partial charge in [-0.2, -0.15) is 0 Å². The van der Waals surface area contributed by atoms with Gasteiger partial charge in [-0.25, -0.2) is 4.79 Å². The zero-order valence-electron chi connectivity index (χ0n) is 14.3. The summed E-state index contributed by atoms with van der Waals surface area (Å²) in [6.07, 6.45) is 4.04. The number of fused-ring (bicyclic) bond motifs is 2. The van der Waals surface area contributed by atoms with Crippen molar-refractivity contribution < 1.29 is 14.4 Å². The molecule has 3 aliphatic heterocycles. The van der Waals surface area contributed by atoms with Crippen molar-refractivity contribution in [3.63, 3.8) is 0 Å². The van der Waals surface area contributed by atoms with E-state index < -0.39 is 11.6 Å². The summed E-state index contributed by atoms with van der Waals surface area (Å²) in [5.41, 5.74) is -0.837. The van der Waals surface area contributed by atoms with Gasteiger partial charge in [-0.1, -0.05) is 13.8 Å². The molecule has 0 radical (unpaired) electrons. The SMILES string of the molecule is CCC1(CC)NC(=O)N(CC(=O)N2C3CCNCC2CC3)C1=O.Cl. The molecule has 136 valence electrons. The molecule has 0 spiro atoms. The van der Waals surface area contributed by atoms with Gasteiger partial charge in [0.2, 0.25) is 5.91 Å². The van der Waals surface area contributed by atoms with Crippen molar-refractivity contribution in [3.8, 4) is 0 Å². The summed E-state index contributed by atoms with van der Waals surface area (Å²) in [5.74, 6) is -0.367. The van der Waals surface area contributed by atoms with Crippen molar-refractivity contribution in [1.29, 1.82) is 0 Å². The Balaban J connectivity index is 0.00000208. The number of hydrogen-bond donors (Lipinski definition) is 2. The van der Waals surface area contributed by atoms with Gasteiger partial charge in [0.05, 0.1) is 0 Å². The Kier molecular flexibility index (Phi) is 5.75. The predicted molar refractivity (Wildman–Crippen MR) is 91.9 cm³/mol. The Hall–Kier alpha value is -1.34. The van der Waals surface area contributed by atoms with Gasteiger partial charge in [0.1, 0.15) is 12.1 Å². The van der Waals surface area contributed by atoms with Gasteiger partial charge >= 0.3 is 6.03 Å². The van der Waals surface area contributed by atoms with Crippen molar-refractivity contribution in [2.24, 2.45) is 0 Å². The van der Waals surface area contributed by atoms with E-state index in [0.717, 1.165) is 37.3 Å². The normalized spacial score (nSPS) is 28.4. The number of carbonyl (C=O) groups is 3. The van der Waals surface area contributed by atoms with Crippen LogP contribution in [0.4, 0.5) is 4.79 Å². The van der Waals surface area contributed by atoms with Crippen molar-refractivity contribution in [1.82, 2.24) is 20.4 Å². The second-order valence-corrected chi connectivity index (χ2v) is 6.79. The van der Waals surface area contributed by atoms with E-state index in [1.54, 1.807) is 0 Å². The van der Waals surface area contributed by atoms with Crippen LogP contribution in [0.15, 0.2) is 0 Å². The molecular formula is C16H27ClN4O3. The van der Waals surface area contributed by atoms with Crippen LogP contribution in [0, 0.1) is 0 Å². The van der Waals surface area contributed by atoms with Gasteiger partial charge in [-0.05, 0) is 38.6 Å². The van der Waals surface area contributed by atoms with Crippen LogP contribution < -0.4 is 10.6 Å². The quantitative estimate of drug-likeness (QED) is 0.731. The maximum atomic E-state index is 12.8. The number of amides is 4. The Labute approximate surface area is 148 Å². The minimum atomic E-state index is -0.837. The van der Waals surface area contributed by atoms with Gasteiger partial charge in [-0.3, -0.25) is 14.5 Å². The lowest BCUT2D eigenvalue weighted by atomic mass is 9.93. The van der Waals surface area contributed by atoms with Crippen LogP contribution in [0.3, 0.4) is 0 Å². The van der Waals surface area contributed by atoms with Crippen LogP contribution in [-0.2, 0) is 9.59 Å². The highest BCUT2D eigenvalue weighted by molar-refractivity contribution is 6.09. The third kappa shape index (κ3) is 2.99. The monoisotopic (exact) mass is 358 g/mol. The molecule has 24 heavy (non-hydrogen) atoms. The van der Waals surface area contributed by atoms with Crippen LogP contribution in [-0.4, -0.2) is 64.9 Å². The Bertz CT molecular complexity index is 509. The molecule has 0 aromatic heterocycles. The molecule has 0 saturated carbocycles. The number of nitrogens with zero attached hydrogens (tertiary/aromatic N) is 2. The number of halogens is 1. The Morgan fingerprint density at radius 2 is 1.83 bits per heavy atom. The van der Waals surface area contributed by atoms with Crippen molar-refractivity contribution in [2.45, 2.75) is 63.6 Å². The van der Waals surface area contributed by atoms with Gasteiger partial charge in [-0.15, -0.1) is 12.4 Å². The van der Waals surface area contributed by atoms with E-state index in [4.69, 9.17) is 0 Å². The van der Waals surface area contributed by atoms with E-state index in [0.29, 0.717) is 12.8 Å². The molecule has 4 amide bonds. The van der Waals surface area contributed by atoms with Crippen molar-refractivity contribution >= 4 is 30.3 Å². The molecule has 0 aromatic carbocycles. The lowest BCUT2D eigenvalue weighted by Gasteiger charge is -2.29. The molecule has 2 bridgehead atoms. The fraction of sp³-hybridized carbons (Fsp3) is 0.812.